The van der Waals surface area contributed by atoms with Gasteiger partial charge in [0.05, 0.1) is 0 Å². The molecule has 98 valence electrons. The number of aryl methyl sites for hydroxylation is 1. The van der Waals surface area contributed by atoms with E-state index in [1.807, 2.05) is 0 Å². The molecule has 1 aromatic rings. The van der Waals surface area contributed by atoms with Crippen molar-refractivity contribution in [2.24, 2.45) is 5.41 Å². The van der Waals surface area contributed by atoms with E-state index in [-0.39, 0.29) is 5.41 Å². The summed E-state index contributed by atoms with van der Waals surface area (Å²) in [5.74, 6) is 0. The molecule has 0 radical (unpaired) electrons. The number of hydrogen-bond donors (Lipinski definition) is 0. The van der Waals surface area contributed by atoms with E-state index >= 15 is 0 Å². The Labute approximate surface area is 110 Å². The van der Waals surface area contributed by atoms with E-state index < -0.39 is 0 Å². The van der Waals surface area contributed by atoms with Crippen molar-refractivity contribution < 1.29 is 4.79 Å². The van der Waals surface area contributed by atoms with Gasteiger partial charge in [-0.2, -0.15) is 0 Å². The molecule has 0 aliphatic carbocycles. The van der Waals surface area contributed by atoms with Gasteiger partial charge in [-0.1, -0.05) is 32.0 Å². The smallest absolute Gasteiger partial charge is 0.127 e. The molecule has 18 heavy (non-hydrogen) atoms. The summed E-state index contributed by atoms with van der Waals surface area (Å²) >= 11 is 0. The van der Waals surface area contributed by atoms with Gasteiger partial charge in [-0.05, 0) is 37.3 Å². The molecule has 2 nitrogen and oxygen atoms in total. The van der Waals surface area contributed by atoms with Gasteiger partial charge in [-0.15, -0.1) is 0 Å². The quantitative estimate of drug-likeness (QED) is 0.741. The van der Waals surface area contributed by atoms with Gasteiger partial charge in [0.15, 0.2) is 0 Å². The number of aldehydes is 1. The number of carbonyl (C=O) groups is 1. The second-order valence-electron chi connectivity index (χ2n) is 5.34. The maximum Gasteiger partial charge on any atom is 0.127 e. The predicted octanol–water partition coefficient (Wildman–Crippen LogP) is 3.44. The van der Waals surface area contributed by atoms with Crippen molar-refractivity contribution in [3.8, 4) is 0 Å². The van der Waals surface area contributed by atoms with Crippen LogP contribution >= 0.6 is 0 Å². The van der Waals surface area contributed by atoms with E-state index in [2.05, 4.69) is 43.0 Å². The number of hydrogen-bond acceptors (Lipinski definition) is 2. The largest absolute Gasteiger partial charge is 0.370 e. The molecule has 0 bridgehead atoms. The summed E-state index contributed by atoms with van der Waals surface area (Å²) in [6.07, 6.45) is 5.37. The lowest BCUT2D eigenvalue weighted by Crippen LogP contribution is -2.41. The van der Waals surface area contributed by atoms with Crippen molar-refractivity contribution in [3.63, 3.8) is 0 Å². The van der Waals surface area contributed by atoms with E-state index in [1.54, 1.807) is 0 Å². The summed E-state index contributed by atoms with van der Waals surface area (Å²) in [6.45, 7) is 6.18. The Bertz CT molecular complexity index is 409. The van der Waals surface area contributed by atoms with Gasteiger partial charge >= 0.3 is 0 Å². The molecule has 1 heterocycles. The van der Waals surface area contributed by atoms with Crippen molar-refractivity contribution in [2.75, 3.05) is 18.0 Å². The predicted molar refractivity (Wildman–Crippen MR) is 76.1 cm³/mol. The zero-order valence-electron chi connectivity index (χ0n) is 11.5. The molecule has 0 atom stereocenters. The Morgan fingerprint density at radius 1 is 1.28 bits per heavy atom. The van der Waals surface area contributed by atoms with Crippen LogP contribution in [0, 0.1) is 5.41 Å². The molecule has 0 unspecified atom stereocenters. The zero-order valence-corrected chi connectivity index (χ0v) is 11.5. The molecular weight excluding hydrogens is 222 g/mol. The Kier molecular flexibility index (Phi) is 4.05. The number of fused-ring (bicyclic) bond motifs is 1. The minimum Gasteiger partial charge on any atom is -0.370 e. The van der Waals surface area contributed by atoms with Crippen LogP contribution in [0.3, 0.4) is 0 Å². The minimum atomic E-state index is -0.176. The summed E-state index contributed by atoms with van der Waals surface area (Å²) in [7, 11) is 0. The summed E-state index contributed by atoms with van der Waals surface area (Å²) in [5, 5.41) is 0. The van der Waals surface area contributed by atoms with Crippen LogP contribution in [0.25, 0.3) is 0 Å². The van der Waals surface area contributed by atoms with Gasteiger partial charge < -0.3 is 9.69 Å². The first-order valence-electron chi connectivity index (χ1n) is 7.04. The molecule has 0 spiro atoms. The van der Waals surface area contributed by atoms with Crippen LogP contribution in [-0.4, -0.2) is 19.4 Å². The first-order chi connectivity index (χ1) is 8.74. The first-order valence-corrected chi connectivity index (χ1v) is 7.04. The summed E-state index contributed by atoms with van der Waals surface area (Å²) in [5.41, 5.74) is 2.58. The number of carbonyl (C=O) groups excluding carboxylic acids is 1. The second-order valence-corrected chi connectivity index (χ2v) is 5.34. The van der Waals surface area contributed by atoms with Crippen molar-refractivity contribution in [1.29, 1.82) is 0 Å². The van der Waals surface area contributed by atoms with Gasteiger partial charge in [0, 0.05) is 24.2 Å². The highest BCUT2D eigenvalue weighted by atomic mass is 16.1. The van der Waals surface area contributed by atoms with Crippen LogP contribution in [-0.2, 0) is 11.2 Å². The normalized spacial score (nSPS) is 15.3. The molecule has 1 aliphatic heterocycles. The van der Waals surface area contributed by atoms with Crippen LogP contribution in [0.1, 0.15) is 38.7 Å². The first kappa shape index (κ1) is 13.1. The third-order valence-electron chi connectivity index (χ3n) is 4.37. The van der Waals surface area contributed by atoms with Gasteiger partial charge in [-0.3, -0.25) is 0 Å². The third kappa shape index (κ3) is 2.43. The number of para-hydroxylation sites is 1. The zero-order chi connectivity index (χ0) is 13.0. The molecule has 0 saturated carbocycles. The molecule has 0 fully saturated rings. The lowest BCUT2D eigenvalue weighted by atomic mass is 9.82. The Balaban J connectivity index is 2.23. The lowest BCUT2D eigenvalue weighted by Gasteiger charge is -2.37. The Hall–Kier alpha value is -1.31. The number of anilines is 1. The standard InChI is InChI=1S/C16H23NO/c1-3-16(4-2,13-18)12-17-11-7-9-14-8-5-6-10-15(14)17/h5-6,8,10,13H,3-4,7,9,11-12H2,1-2H3. The fourth-order valence-electron chi connectivity index (χ4n) is 2.83. The van der Waals surface area contributed by atoms with E-state index in [0.717, 1.165) is 25.9 Å². The van der Waals surface area contributed by atoms with Crippen LogP contribution < -0.4 is 4.90 Å². The molecule has 1 aromatic carbocycles. The lowest BCUT2D eigenvalue weighted by molar-refractivity contribution is -0.116. The van der Waals surface area contributed by atoms with Gasteiger partial charge in [0.1, 0.15) is 6.29 Å². The van der Waals surface area contributed by atoms with Crippen molar-refractivity contribution in [3.05, 3.63) is 29.8 Å². The fraction of sp³-hybridized carbons (Fsp3) is 0.562. The maximum absolute atomic E-state index is 11.4. The minimum absolute atomic E-state index is 0.176. The van der Waals surface area contributed by atoms with Crippen molar-refractivity contribution >= 4 is 12.0 Å². The molecule has 0 amide bonds. The number of rotatable bonds is 5. The highest BCUT2D eigenvalue weighted by molar-refractivity contribution is 5.63. The van der Waals surface area contributed by atoms with E-state index in [0.29, 0.717) is 0 Å². The fourth-order valence-corrected chi connectivity index (χ4v) is 2.83. The van der Waals surface area contributed by atoms with Crippen LogP contribution in [0.5, 0.6) is 0 Å². The topological polar surface area (TPSA) is 20.3 Å². The Morgan fingerprint density at radius 3 is 2.67 bits per heavy atom. The maximum atomic E-state index is 11.4. The van der Waals surface area contributed by atoms with Gasteiger partial charge in [0.2, 0.25) is 0 Å². The summed E-state index contributed by atoms with van der Waals surface area (Å²) in [4.78, 5) is 13.9. The van der Waals surface area contributed by atoms with E-state index in [1.165, 1.54) is 30.4 Å². The van der Waals surface area contributed by atoms with Crippen molar-refractivity contribution in [2.45, 2.75) is 39.5 Å². The van der Waals surface area contributed by atoms with Gasteiger partial charge in [0.25, 0.3) is 0 Å². The molecule has 0 saturated heterocycles. The van der Waals surface area contributed by atoms with E-state index in [9.17, 15) is 4.79 Å². The monoisotopic (exact) mass is 245 g/mol. The van der Waals surface area contributed by atoms with E-state index in [4.69, 9.17) is 0 Å². The van der Waals surface area contributed by atoms with Crippen molar-refractivity contribution in [1.82, 2.24) is 0 Å². The summed E-state index contributed by atoms with van der Waals surface area (Å²) in [6, 6.07) is 8.60. The van der Waals surface area contributed by atoms with Crippen LogP contribution in [0.4, 0.5) is 5.69 Å². The number of nitrogens with zero attached hydrogens (tertiary/aromatic N) is 1. The highest BCUT2D eigenvalue weighted by Gasteiger charge is 2.30. The average molecular weight is 245 g/mol. The van der Waals surface area contributed by atoms with Gasteiger partial charge in [-0.25, -0.2) is 0 Å². The average Bonchev–Trinajstić information content (AvgIpc) is 2.45. The molecule has 0 N–H and O–H groups in total. The highest BCUT2D eigenvalue weighted by Crippen LogP contribution is 2.32. The molecule has 2 rings (SSSR count). The van der Waals surface area contributed by atoms with Crippen LogP contribution in [0.15, 0.2) is 24.3 Å². The SMILES string of the molecule is CCC(C=O)(CC)CN1CCCc2ccccc21. The number of benzene rings is 1. The molecule has 2 heteroatoms. The molecular formula is C16H23NO. The second kappa shape index (κ2) is 5.55. The third-order valence-corrected chi connectivity index (χ3v) is 4.37. The molecule has 0 aromatic heterocycles. The Morgan fingerprint density at radius 2 is 2.00 bits per heavy atom. The van der Waals surface area contributed by atoms with Crippen LogP contribution in [0.2, 0.25) is 0 Å². The molecule has 1 aliphatic rings. The summed E-state index contributed by atoms with van der Waals surface area (Å²) < 4.78 is 0.